The van der Waals surface area contributed by atoms with E-state index in [4.69, 9.17) is 9.47 Å². The van der Waals surface area contributed by atoms with Crippen LogP contribution in [0.5, 0.6) is 11.5 Å². The summed E-state index contributed by atoms with van der Waals surface area (Å²) >= 11 is 0. The van der Waals surface area contributed by atoms with Gasteiger partial charge in [-0.3, -0.25) is 20.2 Å². The van der Waals surface area contributed by atoms with Crippen LogP contribution < -0.4 is 9.47 Å². The Balaban J connectivity index is 1.25. The van der Waals surface area contributed by atoms with Gasteiger partial charge in [-0.2, -0.15) is 0 Å². The van der Waals surface area contributed by atoms with E-state index in [9.17, 15) is 20.2 Å². The lowest BCUT2D eigenvalue weighted by Crippen LogP contribution is -2.32. The van der Waals surface area contributed by atoms with Crippen molar-refractivity contribution in [1.82, 2.24) is 0 Å². The summed E-state index contributed by atoms with van der Waals surface area (Å²) in [4.78, 5) is 21.2. The van der Waals surface area contributed by atoms with Crippen molar-refractivity contribution in [1.29, 1.82) is 0 Å². The molecule has 0 spiro atoms. The lowest BCUT2D eigenvalue weighted by atomic mass is 9.71. The Hall–Kier alpha value is -6.02. The maximum Gasteiger partial charge on any atom is 0.269 e. The van der Waals surface area contributed by atoms with Crippen LogP contribution in [-0.2, 0) is 0 Å². The molecule has 60 heavy (non-hydrogen) atoms. The van der Waals surface area contributed by atoms with Gasteiger partial charge in [-0.15, -0.1) is 0 Å². The minimum absolute atomic E-state index is 0.0133. The highest BCUT2D eigenvalue weighted by atomic mass is 16.6. The molecule has 2 aromatic rings. The first-order valence-electron chi connectivity index (χ1n) is 20.6. The topological polar surface area (TPSA) is 105 Å². The molecular formula is C52H62N2O6. The molecule has 0 amide bonds. The van der Waals surface area contributed by atoms with Crippen LogP contribution in [0.3, 0.4) is 0 Å². The van der Waals surface area contributed by atoms with Crippen molar-refractivity contribution in [3.63, 3.8) is 0 Å². The van der Waals surface area contributed by atoms with Gasteiger partial charge in [-0.05, 0) is 101 Å². The van der Waals surface area contributed by atoms with Crippen LogP contribution in [0, 0.1) is 31.1 Å². The average molecular weight is 811 g/mol. The Morgan fingerprint density at radius 2 is 0.867 bits per heavy atom. The van der Waals surface area contributed by atoms with E-state index in [-0.39, 0.29) is 34.4 Å². The zero-order valence-electron chi connectivity index (χ0n) is 37.0. The second kappa shape index (κ2) is 21.3. The minimum Gasteiger partial charge on any atom is -0.490 e. The number of non-ortho nitro benzene ring substituents is 2. The van der Waals surface area contributed by atoms with Gasteiger partial charge in [0.2, 0.25) is 0 Å². The molecule has 8 nitrogen and oxygen atoms in total. The van der Waals surface area contributed by atoms with Crippen LogP contribution in [0.15, 0.2) is 178 Å². The monoisotopic (exact) mass is 810 g/mol. The lowest BCUT2D eigenvalue weighted by molar-refractivity contribution is -0.385. The van der Waals surface area contributed by atoms with Gasteiger partial charge >= 0.3 is 0 Å². The first kappa shape index (κ1) is 46.7. The molecular weight excluding hydrogens is 749 g/mol. The second-order valence-corrected chi connectivity index (χ2v) is 17.4. The first-order chi connectivity index (χ1) is 28.3. The first-order valence-corrected chi connectivity index (χ1v) is 20.6. The molecule has 2 unspecified atom stereocenters. The Bertz CT molecular complexity index is 2060. The summed E-state index contributed by atoms with van der Waals surface area (Å²) in [5.41, 5.74) is 9.83. The normalized spacial score (nSPS) is 20.7. The van der Waals surface area contributed by atoms with Crippen molar-refractivity contribution in [3.8, 4) is 11.5 Å². The fourth-order valence-corrected chi connectivity index (χ4v) is 7.91. The van der Waals surface area contributed by atoms with Gasteiger partial charge in [-0.25, -0.2) is 0 Å². The Morgan fingerprint density at radius 1 is 0.550 bits per heavy atom. The van der Waals surface area contributed by atoms with Crippen molar-refractivity contribution >= 4 is 11.4 Å². The molecule has 4 rings (SSSR count). The molecule has 0 saturated carbocycles. The predicted octanol–water partition coefficient (Wildman–Crippen LogP) is 14.5. The summed E-state index contributed by atoms with van der Waals surface area (Å²) in [7, 11) is 0. The standard InChI is InChI=1S/C52H62N2O6/c1-37(17-13-19-39(3)21-31-49-41(5)33-47(35-51(49,7)8)59-45-27-23-43(24-28-45)53(55)56)15-11-12-16-38(2)18-14-20-40(4)22-32-50-42(6)34-48(36-52(50,9)10)60-46-29-25-44(26-30-46)54(57)58/h11-32,47-48H,33-36H2,1-10H3/b12-11+,17-13+,18-14+,31-21+,32-22+,37-15+,38-16+,39-19+,40-20+. The van der Waals surface area contributed by atoms with E-state index >= 15 is 0 Å². The maximum absolute atomic E-state index is 11.0. The molecule has 2 atom stereocenters. The minimum atomic E-state index is -0.399. The van der Waals surface area contributed by atoms with Gasteiger partial charge in [0.15, 0.2) is 0 Å². The largest absolute Gasteiger partial charge is 0.490 e. The van der Waals surface area contributed by atoms with Crippen LogP contribution in [-0.4, -0.2) is 22.1 Å². The zero-order valence-corrected chi connectivity index (χ0v) is 37.0. The van der Waals surface area contributed by atoms with Crippen molar-refractivity contribution in [2.75, 3.05) is 0 Å². The van der Waals surface area contributed by atoms with E-state index in [1.807, 2.05) is 0 Å². The average Bonchev–Trinajstić information content (AvgIpc) is 3.15. The number of ether oxygens (including phenoxy) is 2. The van der Waals surface area contributed by atoms with Crippen LogP contribution in [0.1, 0.15) is 94.9 Å². The van der Waals surface area contributed by atoms with Gasteiger partial charge in [0, 0.05) is 37.1 Å². The van der Waals surface area contributed by atoms with Crippen LogP contribution in [0.2, 0.25) is 0 Å². The Labute approximate surface area is 357 Å². The third-order valence-electron chi connectivity index (χ3n) is 10.9. The molecule has 2 aliphatic carbocycles. The van der Waals surface area contributed by atoms with E-state index in [1.54, 1.807) is 24.3 Å². The van der Waals surface area contributed by atoms with Crippen molar-refractivity contribution in [3.05, 3.63) is 198 Å². The third-order valence-corrected chi connectivity index (χ3v) is 10.9. The van der Waals surface area contributed by atoms with Crippen molar-refractivity contribution in [2.45, 2.75) is 107 Å². The number of rotatable bonds is 16. The second-order valence-electron chi connectivity index (χ2n) is 17.4. The summed E-state index contributed by atoms with van der Waals surface area (Å²) in [6, 6.07) is 12.6. The molecule has 316 valence electrons. The Kier molecular flexibility index (Phi) is 16.6. The zero-order chi connectivity index (χ0) is 44.0. The van der Waals surface area contributed by atoms with Crippen LogP contribution >= 0.6 is 0 Å². The highest BCUT2D eigenvalue weighted by Gasteiger charge is 2.35. The number of benzene rings is 2. The predicted molar refractivity (Wildman–Crippen MR) is 247 cm³/mol. The molecule has 0 fully saturated rings. The number of nitro benzene ring substituents is 2. The maximum atomic E-state index is 11.0. The molecule has 0 bridgehead atoms. The van der Waals surface area contributed by atoms with Gasteiger partial charge in [0.1, 0.15) is 23.7 Å². The lowest BCUT2D eigenvalue weighted by Gasteiger charge is -2.38. The number of nitrogens with zero attached hydrogens (tertiary/aromatic N) is 2. The van der Waals surface area contributed by atoms with Gasteiger partial charge in [0.05, 0.1) is 9.85 Å². The summed E-state index contributed by atoms with van der Waals surface area (Å²) in [5, 5.41) is 22.0. The molecule has 0 saturated heterocycles. The van der Waals surface area contributed by atoms with E-state index in [0.29, 0.717) is 11.5 Å². The summed E-state index contributed by atoms with van der Waals surface area (Å²) in [6.07, 6.45) is 33.1. The number of nitro groups is 2. The molecule has 0 radical (unpaired) electrons. The molecule has 0 heterocycles. The fourth-order valence-electron chi connectivity index (χ4n) is 7.91. The van der Waals surface area contributed by atoms with Gasteiger partial charge in [-0.1, -0.05) is 146 Å². The number of hydrogen-bond donors (Lipinski definition) is 0. The van der Waals surface area contributed by atoms with E-state index in [1.165, 1.54) is 46.6 Å². The summed E-state index contributed by atoms with van der Waals surface area (Å²) in [5.74, 6) is 1.31. The summed E-state index contributed by atoms with van der Waals surface area (Å²) in [6.45, 7) is 21.7. The smallest absolute Gasteiger partial charge is 0.269 e. The molecule has 0 aromatic heterocycles. The van der Waals surface area contributed by atoms with Gasteiger partial charge < -0.3 is 9.47 Å². The molecule has 0 aliphatic heterocycles. The third kappa shape index (κ3) is 14.4. The molecule has 2 aliphatic rings. The quantitative estimate of drug-likeness (QED) is 0.0950. The van der Waals surface area contributed by atoms with E-state index < -0.39 is 9.85 Å². The SMILES string of the molecule is CC1=C(/C=C/C(C)=C/C=C/C(C)=C/C=C/C=C(C)/C=C/C=C(C)/C=C/C2=C(C)CC(Oc3ccc([N+](=O)[O-])cc3)CC2(C)C)C(C)(C)CC(Oc2ccc([N+](=O)[O-])cc2)C1. The highest BCUT2D eigenvalue weighted by Crippen LogP contribution is 2.44. The Morgan fingerprint density at radius 3 is 1.18 bits per heavy atom. The van der Waals surface area contributed by atoms with Crippen molar-refractivity contribution in [2.24, 2.45) is 10.8 Å². The number of allylic oxidation sites excluding steroid dienone is 20. The molecule has 2 aromatic carbocycles. The fraction of sp³-hybridized carbons (Fsp3) is 0.346. The van der Waals surface area contributed by atoms with Crippen LogP contribution in [0.25, 0.3) is 0 Å². The van der Waals surface area contributed by atoms with Crippen molar-refractivity contribution < 1.29 is 19.3 Å². The number of hydrogen-bond acceptors (Lipinski definition) is 6. The van der Waals surface area contributed by atoms with E-state index in [0.717, 1.165) is 48.0 Å². The highest BCUT2D eigenvalue weighted by molar-refractivity contribution is 5.42. The summed E-state index contributed by atoms with van der Waals surface area (Å²) < 4.78 is 12.5. The van der Waals surface area contributed by atoms with Gasteiger partial charge in [0.25, 0.3) is 11.4 Å². The van der Waals surface area contributed by atoms with E-state index in [2.05, 4.69) is 154 Å². The molecule has 0 N–H and O–H groups in total. The molecule has 8 heteroatoms. The van der Waals surface area contributed by atoms with Crippen LogP contribution in [0.4, 0.5) is 11.4 Å².